The van der Waals surface area contributed by atoms with Crippen LogP contribution in [-0.4, -0.2) is 71.4 Å². The first-order chi connectivity index (χ1) is 24.2. The molecule has 5 N–H and O–H groups in total. The summed E-state index contributed by atoms with van der Waals surface area (Å²) in [5.41, 5.74) is 0.761. The minimum absolute atomic E-state index is 0.0671. The molecule has 3 amide bonds. The number of carbonyl (C=O) groups excluding carboxylic acids is 3. The van der Waals surface area contributed by atoms with Crippen LogP contribution in [0, 0.1) is 17.0 Å². The fourth-order valence-corrected chi connectivity index (χ4v) is 5.88. The van der Waals surface area contributed by atoms with Crippen LogP contribution in [0.25, 0.3) is 10.9 Å². The number of ether oxygens (including phenoxy) is 1. The van der Waals surface area contributed by atoms with Crippen LogP contribution >= 0.6 is 11.6 Å². The number of anilines is 5. The third-order valence-electron chi connectivity index (χ3n) is 8.67. The largest absolute Gasteiger partial charge is 0.494 e. The molecule has 0 aliphatic carbocycles. The molecule has 0 saturated carbocycles. The SMILES string of the molecule is CN[C@@H](C)C(=O)N[C@H](C(=O)N1CCC[C@@H]1C(=O)Nc1ccc(Nc2nc(Nc3ccc(F)c(Cl)c3F)c3ccccc3n2)cc1OC)C(C)(C)C. The van der Waals surface area contributed by atoms with Crippen LogP contribution in [0.2, 0.25) is 5.02 Å². The second kappa shape index (κ2) is 15.4. The molecule has 1 saturated heterocycles. The number of nitrogens with one attached hydrogen (secondary N) is 5. The molecule has 0 bridgehead atoms. The van der Waals surface area contributed by atoms with Crippen molar-refractivity contribution in [1.82, 2.24) is 25.5 Å². The first kappa shape index (κ1) is 37.2. The summed E-state index contributed by atoms with van der Waals surface area (Å²) >= 11 is 5.79. The molecule has 51 heavy (non-hydrogen) atoms. The highest BCUT2D eigenvalue weighted by Gasteiger charge is 2.42. The Hall–Kier alpha value is -5.08. The normalized spacial score (nSPS) is 15.6. The van der Waals surface area contributed by atoms with Gasteiger partial charge in [-0.2, -0.15) is 4.98 Å². The molecule has 2 heterocycles. The number of likely N-dealkylation sites (N-methyl/N-ethyl adjacent to an activating group) is 1. The molecule has 12 nitrogen and oxygen atoms in total. The van der Waals surface area contributed by atoms with E-state index in [4.69, 9.17) is 16.3 Å². The van der Waals surface area contributed by atoms with E-state index in [0.717, 1.165) is 6.07 Å². The molecule has 270 valence electrons. The van der Waals surface area contributed by atoms with Crippen LogP contribution in [0.15, 0.2) is 54.6 Å². The summed E-state index contributed by atoms with van der Waals surface area (Å²) < 4.78 is 34.1. The maximum atomic E-state index is 14.8. The number of halogens is 3. The number of aromatic nitrogens is 2. The zero-order chi connectivity index (χ0) is 37.0. The van der Waals surface area contributed by atoms with Gasteiger partial charge in [0.1, 0.15) is 34.5 Å². The Bertz CT molecular complexity index is 1960. The lowest BCUT2D eigenvalue weighted by atomic mass is 9.85. The van der Waals surface area contributed by atoms with Crippen molar-refractivity contribution >= 4 is 69.1 Å². The van der Waals surface area contributed by atoms with E-state index in [1.54, 1.807) is 56.4 Å². The third kappa shape index (κ3) is 8.29. The predicted molar refractivity (Wildman–Crippen MR) is 194 cm³/mol. The van der Waals surface area contributed by atoms with Crippen molar-refractivity contribution in [2.75, 3.05) is 36.7 Å². The van der Waals surface area contributed by atoms with Gasteiger partial charge in [-0.05, 0) is 68.6 Å². The van der Waals surface area contributed by atoms with Gasteiger partial charge in [-0.25, -0.2) is 13.8 Å². The van der Waals surface area contributed by atoms with E-state index in [1.807, 2.05) is 20.8 Å². The minimum Gasteiger partial charge on any atom is -0.494 e. The van der Waals surface area contributed by atoms with E-state index in [0.29, 0.717) is 47.4 Å². The number of carbonyl (C=O) groups is 3. The Morgan fingerprint density at radius 3 is 2.45 bits per heavy atom. The van der Waals surface area contributed by atoms with Gasteiger partial charge in [0.25, 0.3) is 0 Å². The molecular formula is C36H41ClF2N8O4. The summed E-state index contributed by atoms with van der Waals surface area (Å²) in [6.45, 7) is 7.69. The number of likely N-dealkylation sites (tertiary alicyclic amines) is 1. The van der Waals surface area contributed by atoms with Crippen LogP contribution in [0.3, 0.4) is 0 Å². The molecule has 1 aliphatic rings. The summed E-state index contributed by atoms with van der Waals surface area (Å²) in [6, 6.07) is 12.3. The number of methoxy groups -OCH3 is 1. The molecule has 0 radical (unpaired) electrons. The molecule has 0 unspecified atom stereocenters. The van der Waals surface area contributed by atoms with Crippen molar-refractivity contribution in [3.05, 3.63) is 71.3 Å². The lowest BCUT2D eigenvalue weighted by Crippen LogP contribution is -2.59. The van der Waals surface area contributed by atoms with E-state index in [2.05, 4.69) is 36.6 Å². The molecule has 5 rings (SSSR count). The maximum Gasteiger partial charge on any atom is 0.247 e. The topological polar surface area (TPSA) is 150 Å². The Balaban J connectivity index is 1.34. The van der Waals surface area contributed by atoms with Crippen molar-refractivity contribution in [2.24, 2.45) is 5.41 Å². The third-order valence-corrected chi connectivity index (χ3v) is 9.02. The lowest BCUT2D eigenvalue weighted by molar-refractivity contribution is -0.143. The van der Waals surface area contributed by atoms with E-state index in [1.165, 1.54) is 18.1 Å². The van der Waals surface area contributed by atoms with E-state index >= 15 is 0 Å². The monoisotopic (exact) mass is 722 g/mol. The van der Waals surface area contributed by atoms with Gasteiger partial charge in [-0.15, -0.1) is 0 Å². The van der Waals surface area contributed by atoms with Gasteiger partial charge in [0.15, 0.2) is 5.82 Å². The quantitative estimate of drug-likeness (QED) is 0.115. The summed E-state index contributed by atoms with van der Waals surface area (Å²) in [6.07, 6.45) is 1.09. The van der Waals surface area contributed by atoms with Gasteiger partial charge in [0.2, 0.25) is 23.7 Å². The van der Waals surface area contributed by atoms with Gasteiger partial charge in [-0.3, -0.25) is 14.4 Å². The minimum atomic E-state index is -0.957. The number of amides is 3. The highest BCUT2D eigenvalue weighted by molar-refractivity contribution is 6.31. The van der Waals surface area contributed by atoms with Crippen LogP contribution in [0.5, 0.6) is 5.75 Å². The van der Waals surface area contributed by atoms with Crippen LogP contribution in [0.4, 0.5) is 37.6 Å². The fourth-order valence-electron chi connectivity index (χ4n) is 5.71. The summed E-state index contributed by atoms with van der Waals surface area (Å²) in [4.78, 5) is 50.8. The maximum absolute atomic E-state index is 14.8. The fraction of sp³-hybridized carbons (Fsp3) is 0.361. The number of nitrogens with zero attached hydrogens (tertiary/aromatic N) is 3. The molecule has 1 aliphatic heterocycles. The standard InChI is InChI=1S/C36H41ClF2N8O4/c1-19(40-5)32(48)45-30(36(2,3)4)34(50)47-17-9-12-26(47)33(49)43-24-15-13-20(18-27(24)51-6)41-35-44-23-11-8-7-10-21(23)31(46-35)42-25-16-14-22(38)28(37)29(25)39/h7-8,10-11,13-16,18-19,26,30,40H,9,12,17H2,1-6H3,(H,43,49)(H,45,48)(H2,41,42,44,46)/t19-,26+,30+/m0/s1. The number of rotatable bonds is 11. The van der Waals surface area contributed by atoms with Crippen LogP contribution in [0.1, 0.15) is 40.5 Å². The van der Waals surface area contributed by atoms with Gasteiger partial charge < -0.3 is 36.2 Å². The van der Waals surface area contributed by atoms with Crippen molar-refractivity contribution < 1.29 is 27.9 Å². The van der Waals surface area contributed by atoms with Crippen molar-refractivity contribution in [3.63, 3.8) is 0 Å². The zero-order valence-corrected chi connectivity index (χ0v) is 29.9. The van der Waals surface area contributed by atoms with Crippen LogP contribution < -0.4 is 31.3 Å². The number of hydrogen-bond donors (Lipinski definition) is 5. The van der Waals surface area contributed by atoms with Crippen molar-refractivity contribution in [1.29, 1.82) is 0 Å². The summed E-state index contributed by atoms with van der Waals surface area (Å²) in [5, 5.41) is 14.6. The van der Waals surface area contributed by atoms with Crippen molar-refractivity contribution in [2.45, 2.75) is 58.7 Å². The molecule has 1 fully saturated rings. The van der Waals surface area contributed by atoms with Gasteiger partial charge in [0, 0.05) is 23.7 Å². The van der Waals surface area contributed by atoms with Gasteiger partial charge >= 0.3 is 0 Å². The molecule has 1 aromatic heterocycles. The molecule has 3 aromatic carbocycles. The first-order valence-electron chi connectivity index (χ1n) is 16.4. The summed E-state index contributed by atoms with van der Waals surface area (Å²) in [5.74, 6) is -2.12. The average molecular weight is 723 g/mol. The second-order valence-corrected chi connectivity index (χ2v) is 13.7. The predicted octanol–water partition coefficient (Wildman–Crippen LogP) is 6.13. The molecule has 15 heteroatoms. The Morgan fingerprint density at radius 2 is 1.75 bits per heavy atom. The first-order valence-corrected chi connectivity index (χ1v) is 16.8. The van der Waals surface area contributed by atoms with Gasteiger partial charge in [0.05, 0.1) is 30.0 Å². The average Bonchev–Trinajstić information content (AvgIpc) is 3.60. The van der Waals surface area contributed by atoms with E-state index < -0.39 is 40.2 Å². The summed E-state index contributed by atoms with van der Waals surface area (Å²) in [7, 11) is 3.12. The number of hydrogen-bond acceptors (Lipinski definition) is 9. The number of para-hydroxylation sites is 1. The zero-order valence-electron chi connectivity index (χ0n) is 29.2. The molecule has 3 atom stereocenters. The van der Waals surface area contributed by atoms with Gasteiger partial charge in [-0.1, -0.05) is 44.5 Å². The highest BCUT2D eigenvalue weighted by atomic mass is 35.5. The number of benzene rings is 3. The van der Waals surface area contributed by atoms with E-state index in [-0.39, 0.29) is 35.2 Å². The number of fused-ring (bicyclic) bond motifs is 1. The Kier molecular flexibility index (Phi) is 11.3. The lowest BCUT2D eigenvalue weighted by Gasteiger charge is -2.36. The Labute approximate surface area is 299 Å². The smallest absolute Gasteiger partial charge is 0.247 e. The van der Waals surface area contributed by atoms with E-state index in [9.17, 15) is 23.2 Å². The second-order valence-electron chi connectivity index (χ2n) is 13.3. The highest BCUT2D eigenvalue weighted by Crippen LogP contribution is 2.34. The van der Waals surface area contributed by atoms with Crippen molar-refractivity contribution in [3.8, 4) is 5.75 Å². The molecular weight excluding hydrogens is 682 g/mol. The Morgan fingerprint density at radius 1 is 1.02 bits per heavy atom. The molecule has 4 aromatic rings. The molecule has 0 spiro atoms. The van der Waals surface area contributed by atoms with Crippen LogP contribution in [-0.2, 0) is 14.4 Å².